The van der Waals surface area contributed by atoms with Crippen molar-refractivity contribution in [2.45, 2.75) is 31.7 Å². The first kappa shape index (κ1) is 16.0. The lowest BCUT2D eigenvalue weighted by molar-refractivity contribution is -0.159. The van der Waals surface area contributed by atoms with E-state index in [2.05, 4.69) is 17.2 Å². The van der Waals surface area contributed by atoms with E-state index in [0.29, 0.717) is 19.0 Å². The van der Waals surface area contributed by atoms with E-state index in [0.717, 1.165) is 25.9 Å². The van der Waals surface area contributed by atoms with Crippen molar-refractivity contribution in [1.29, 1.82) is 0 Å². The summed E-state index contributed by atoms with van der Waals surface area (Å²) < 4.78 is 0. The van der Waals surface area contributed by atoms with Gasteiger partial charge in [0.1, 0.15) is 0 Å². The molecule has 0 spiro atoms. The van der Waals surface area contributed by atoms with Gasteiger partial charge in [0.05, 0.1) is 12.6 Å². The van der Waals surface area contributed by atoms with Crippen LogP contribution in [0.25, 0.3) is 0 Å². The van der Waals surface area contributed by atoms with Gasteiger partial charge in [0, 0.05) is 13.0 Å². The maximum Gasteiger partial charge on any atom is 0.414 e. The summed E-state index contributed by atoms with van der Waals surface area (Å²) in [6.07, 6.45) is 4.09. The standard InChI is InChI=1S/C11H16N2O.C2H2O4/c14-11-6-3-9-13(11)8-2-5-10-4-1-7-12-10;3-1(4)2(5)6/h10,12H,1,3-4,6-9H2;(H,3,4)(H,5,6)/t10-;/m1./s1. The number of rotatable bonds is 1. The van der Waals surface area contributed by atoms with Gasteiger partial charge in [-0.25, -0.2) is 9.59 Å². The van der Waals surface area contributed by atoms with Crippen LogP contribution in [0.5, 0.6) is 0 Å². The Hall–Kier alpha value is -2.07. The highest BCUT2D eigenvalue weighted by Crippen LogP contribution is 2.08. The van der Waals surface area contributed by atoms with Gasteiger partial charge in [-0.05, 0) is 25.8 Å². The first-order valence-corrected chi connectivity index (χ1v) is 6.46. The van der Waals surface area contributed by atoms with Crippen molar-refractivity contribution in [2.75, 3.05) is 19.6 Å². The second kappa shape index (κ2) is 8.17. The van der Waals surface area contributed by atoms with E-state index in [1.807, 2.05) is 4.90 Å². The second-order valence-electron chi connectivity index (χ2n) is 4.50. The first-order chi connectivity index (χ1) is 9.50. The molecular weight excluding hydrogens is 264 g/mol. The Labute approximate surface area is 116 Å². The van der Waals surface area contributed by atoms with Crippen LogP contribution in [0.2, 0.25) is 0 Å². The van der Waals surface area contributed by atoms with Gasteiger partial charge in [-0.1, -0.05) is 11.8 Å². The van der Waals surface area contributed by atoms with Crippen LogP contribution < -0.4 is 5.32 Å². The lowest BCUT2D eigenvalue weighted by atomic mass is 10.2. The molecule has 0 aliphatic carbocycles. The highest BCUT2D eigenvalue weighted by Gasteiger charge is 2.18. The number of hydrogen-bond acceptors (Lipinski definition) is 4. The molecule has 7 nitrogen and oxygen atoms in total. The first-order valence-electron chi connectivity index (χ1n) is 6.46. The minimum atomic E-state index is -1.82. The van der Waals surface area contributed by atoms with Gasteiger partial charge in [-0.15, -0.1) is 0 Å². The van der Waals surface area contributed by atoms with Gasteiger partial charge in [0.2, 0.25) is 5.91 Å². The van der Waals surface area contributed by atoms with Crippen molar-refractivity contribution >= 4 is 17.8 Å². The summed E-state index contributed by atoms with van der Waals surface area (Å²) >= 11 is 0. The summed E-state index contributed by atoms with van der Waals surface area (Å²) in [7, 11) is 0. The number of carboxylic acids is 2. The quantitative estimate of drug-likeness (QED) is 0.443. The van der Waals surface area contributed by atoms with Crippen molar-refractivity contribution < 1.29 is 24.6 Å². The van der Waals surface area contributed by atoms with Gasteiger partial charge in [0.15, 0.2) is 0 Å². The zero-order chi connectivity index (χ0) is 15.0. The third-order valence-corrected chi connectivity index (χ3v) is 2.96. The molecule has 2 aliphatic rings. The predicted molar refractivity (Wildman–Crippen MR) is 69.9 cm³/mol. The molecule has 3 N–H and O–H groups in total. The molecule has 110 valence electrons. The Morgan fingerprint density at radius 3 is 2.45 bits per heavy atom. The van der Waals surface area contributed by atoms with Gasteiger partial charge >= 0.3 is 11.9 Å². The molecule has 20 heavy (non-hydrogen) atoms. The highest BCUT2D eigenvalue weighted by atomic mass is 16.4. The van der Waals surface area contributed by atoms with Crippen LogP contribution in [-0.4, -0.2) is 58.6 Å². The third kappa shape index (κ3) is 5.71. The smallest absolute Gasteiger partial charge is 0.414 e. The van der Waals surface area contributed by atoms with Crippen molar-refractivity contribution in [3.63, 3.8) is 0 Å². The van der Waals surface area contributed by atoms with Gasteiger partial charge < -0.3 is 20.4 Å². The lowest BCUT2D eigenvalue weighted by Gasteiger charge is -2.10. The molecule has 2 saturated heterocycles. The van der Waals surface area contributed by atoms with Crippen molar-refractivity contribution in [3.8, 4) is 11.8 Å². The number of amides is 1. The van der Waals surface area contributed by atoms with Crippen molar-refractivity contribution in [3.05, 3.63) is 0 Å². The Kier molecular flexibility index (Phi) is 6.53. The fourth-order valence-electron chi connectivity index (χ4n) is 1.94. The van der Waals surface area contributed by atoms with Crippen molar-refractivity contribution in [1.82, 2.24) is 10.2 Å². The van der Waals surface area contributed by atoms with Crippen LogP contribution in [0.15, 0.2) is 0 Å². The zero-order valence-corrected chi connectivity index (χ0v) is 11.1. The fraction of sp³-hybridized carbons (Fsp3) is 0.615. The SMILES string of the molecule is O=C(O)C(=O)O.O=C1CCCN1CC#C[C@H]1CCCN1. The fourth-order valence-corrected chi connectivity index (χ4v) is 1.94. The number of nitrogens with zero attached hydrogens (tertiary/aromatic N) is 1. The topological polar surface area (TPSA) is 107 Å². The molecular formula is C13H18N2O5. The third-order valence-electron chi connectivity index (χ3n) is 2.96. The summed E-state index contributed by atoms with van der Waals surface area (Å²) in [4.78, 5) is 31.3. The Morgan fingerprint density at radius 1 is 1.30 bits per heavy atom. The minimum Gasteiger partial charge on any atom is -0.473 e. The predicted octanol–water partition coefficient (Wildman–Crippen LogP) is -0.480. The van der Waals surface area contributed by atoms with E-state index in [1.54, 1.807) is 0 Å². The molecule has 2 rings (SSSR count). The van der Waals surface area contributed by atoms with Crippen molar-refractivity contribution in [2.24, 2.45) is 0 Å². The van der Waals surface area contributed by atoms with Crippen LogP contribution in [0.4, 0.5) is 0 Å². The minimum absolute atomic E-state index is 0.263. The zero-order valence-electron chi connectivity index (χ0n) is 11.1. The van der Waals surface area contributed by atoms with Crippen LogP contribution in [0.1, 0.15) is 25.7 Å². The number of carbonyl (C=O) groups is 3. The molecule has 0 bridgehead atoms. The molecule has 1 amide bonds. The summed E-state index contributed by atoms with van der Waals surface area (Å²) in [6.45, 7) is 2.60. The molecule has 0 aromatic carbocycles. The number of aliphatic carboxylic acids is 2. The molecule has 0 radical (unpaired) electrons. The van der Waals surface area contributed by atoms with Gasteiger partial charge in [0.25, 0.3) is 0 Å². The highest BCUT2D eigenvalue weighted by molar-refractivity contribution is 6.27. The Bertz CT molecular complexity index is 420. The monoisotopic (exact) mass is 282 g/mol. The lowest BCUT2D eigenvalue weighted by Crippen LogP contribution is -2.25. The van der Waals surface area contributed by atoms with E-state index in [-0.39, 0.29) is 5.91 Å². The number of nitrogens with one attached hydrogen (secondary N) is 1. The molecule has 2 fully saturated rings. The largest absolute Gasteiger partial charge is 0.473 e. The van der Waals surface area contributed by atoms with E-state index in [9.17, 15) is 4.79 Å². The molecule has 7 heteroatoms. The summed E-state index contributed by atoms with van der Waals surface area (Å²) in [6, 6.07) is 0.368. The van der Waals surface area contributed by atoms with E-state index in [1.165, 1.54) is 6.42 Å². The number of hydrogen-bond donors (Lipinski definition) is 3. The molecule has 0 unspecified atom stereocenters. The second-order valence-corrected chi connectivity index (χ2v) is 4.50. The average Bonchev–Trinajstić information content (AvgIpc) is 3.03. The summed E-state index contributed by atoms with van der Waals surface area (Å²) in [5.74, 6) is 2.88. The molecule has 2 aliphatic heterocycles. The van der Waals surface area contributed by atoms with Crippen LogP contribution in [0, 0.1) is 11.8 Å². The van der Waals surface area contributed by atoms with Crippen LogP contribution in [0.3, 0.4) is 0 Å². The summed E-state index contributed by atoms with van der Waals surface area (Å²) in [5, 5.41) is 18.1. The Morgan fingerprint density at radius 2 is 2.00 bits per heavy atom. The maximum absolute atomic E-state index is 11.2. The number of carboxylic acid groups (broad SMARTS) is 2. The molecule has 0 aromatic rings. The molecule has 2 heterocycles. The maximum atomic E-state index is 11.2. The van der Waals surface area contributed by atoms with Crippen LogP contribution >= 0.6 is 0 Å². The van der Waals surface area contributed by atoms with E-state index < -0.39 is 11.9 Å². The molecule has 0 aromatic heterocycles. The number of likely N-dealkylation sites (tertiary alicyclic amines) is 1. The van der Waals surface area contributed by atoms with Gasteiger partial charge in [-0.3, -0.25) is 4.79 Å². The summed E-state index contributed by atoms with van der Waals surface area (Å²) in [5.41, 5.74) is 0. The normalized spacial score (nSPS) is 20.7. The van der Waals surface area contributed by atoms with E-state index in [4.69, 9.17) is 19.8 Å². The average molecular weight is 282 g/mol. The van der Waals surface area contributed by atoms with E-state index >= 15 is 0 Å². The molecule has 0 saturated carbocycles. The van der Waals surface area contributed by atoms with Gasteiger partial charge in [-0.2, -0.15) is 0 Å². The molecule has 1 atom stereocenters. The Balaban J connectivity index is 0.000000286. The number of carbonyl (C=O) groups excluding carboxylic acids is 1. The van der Waals surface area contributed by atoms with Crippen LogP contribution in [-0.2, 0) is 14.4 Å².